The molecule has 1 aromatic rings. The van der Waals surface area contributed by atoms with Gasteiger partial charge in [0.1, 0.15) is 5.70 Å². The maximum atomic E-state index is 13.6. The largest absolute Gasteiger partial charge is 0.296 e. The van der Waals surface area contributed by atoms with Gasteiger partial charge in [-0.1, -0.05) is 62.9 Å². The van der Waals surface area contributed by atoms with Gasteiger partial charge in [-0.2, -0.15) is 15.3 Å². The van der Waals surface area contributed by atoms with Gasteiger partial charge in [0.05, 0.1) is 11.0 Å². The fourth-order valence-electron chi connectivity index (χ4n) is 6.77. The van der Waals surface area contributed by atoms with Gasteiger partial charge in [0.25, 0.3) is 0 Å². The molecule has 0 aromatic heterocycles. The third-order valence-electron chi connectivity index (χ3n) is 8.52. The first-order valence-corrected chi connectivity index (χ1v) is 12.0. The number of benzene rings is 1. The summed E-state index contributed by atoms with van der Waals surface area (Å²) in [7, 11) is 0. The SMILES string of the molecule is CCCC1CCC(C2(N=N)CCC3(CC2)C(=O)C(N=N)C(N=N)=C3c2ccccc2)CC1. The smallest absolute Gasteiger partial charge is 0.175 e. The highest BCUT2D eigenvalue weighted by atomic mass is 16.1. The van der Waals surface area contributed by atoms with Gasteiger partial charge in [-0.25, -0.2) is 16.6 Å². The molecule has 0 amide bonds. The number of carbonyl (C=O) groups excluding carboxylic acids is 1. The zero-order valence-corrected chi connectivity index (χ0v) is 18.9. The lowest BCUT2D eigenvalue weighted by atomic mass is 9.58. The number of nitrogens with zero attached hydrogens (tertiary/aromatic N) is 3. The summed E-state index contributed by atoms with van der Waals surface area (Å²) < 4.78 is 0. The molecule has 7 heteroatoms. The Kier molecular flexibility index (Phi) is 6.45. The molecular weight excluding hydrogens is 400 g/mol. The molecule has 170 valence electrons. The van der Waals surface area contributed by atoms with Crippen molar-refractivity contribution in [2.45, 2.75) is 82.7 Å². The minimum absolute atomic E-state index is 0.109. The zero-order valence-electron chi connectivity index (χ0n) is 18.9. The average molecular weight is 435 g/mol. The quantitative estimate of drug-likeness (QED) is 0.381. The molecule has 0 aliphatic heterocycles. The van der Waals surface area contributed by atoms with Crippen LogP contribution in [0.15, 0.2) is 51.4 Å². The van der Waals surface area contributed by atoms with Gasteiger partial charge >= 0.3 is 0 Å². The molecular formula is C25H34N6O. The Morgan fingerprint density at radius 1 is 0.969 bits per heavy atom. The number of rotatable bonds is 7. The minimum Gasteiger partial charge on any atom is -0.296 e. The molecule has 1 atom stereocenters. The van der Waals surface area contributed by atoms with Crippen LogP contribution < -0.4 is 0 Å². The second-order valence-corrected chi connectivity index (χ2v) is 9.94. The molecule has 0 heterocycles. The van der Waals surface area contributed by atoms with Crippen molar-refractivity contribution in [2.24, 2.45) is 32.6 Å². The average Bonchev–Trinajstić information content (AvgIpc) is 3.08. The second kappa shape index (κ2) is 9.12. The highest BCUT2D eigenvalue weighted by Gasteiger charge is 2.58. The van der Waals surface area contributed by atoms with E-state index in [1.54, 1.807) is 0 Å². The van der Waals surface area contributed by atoms with Crippen molar-refractivity contribution in [3.05, 3.63) is 41.6 Å². The van der Waals surface area contributed by atoms with Gasteiger partial charge in [-0.15, -0.1) is 0 Å². The maximum Gasteiger partial charge on any atom is 0.175 e. The van der Waals surface area contributed by atoms with Gasteiger partial charge in [0.2, 0.25) is 0 Å². The van der Waals surface area contributed by atoms with E-state index in [4.69, 9.17) is 16.6 Å². The lowest BCUT2D eigenvalue weighted by molar-refractivity contribution is -0.127. The fourth-order valence-corrected chi connectivity index (χ4v) is 6.77. The Labute approximate surface area is 190 Å². The molecule has 0 radical (unpaired) electrons. The Morgan fingerprint density at radius 2 is 1.62 bits per heavy atom. The van der Waals surface area contributed by atoms with Crippen molar-refractivity contribution in [1.29, 1.82) is 16.6 Å². The third-order valence-corrected chi connectivity index (χ3v) is 8.52. The van der Waals surface area contributed by atoms with Gasteiger partial charge < -0.3 is 0 Å². The van der Waals surface area contributed by atoms with Crippen LogP contribution in [0, 0.1) is 33.8 Å². The van der Waals surface area contributed by atoms with Crippen LogP contribution in [-0.4, -0.2) is 17.4 Å². The van der Waals surface area contributed by atoms with Crippen LogP contribution in [0.2, 0.25) is 0 Å². The van der Waals surface area contributed by atoms with Crippen molar-refractivity contribution < 1.29 is 4.79 Å². The lowest BCUT2D eigenvalue weighted by Gasteiger charge is -2.47. The molecule has 7 nitrogen and oxygen atoms in total. The molecule has 3 aliphatic rings. The van der Waals surface area contributed by atoms with Crippen LogP contribution in [-0.2, 0) is 4.79 Å². The van der Waals surface area contributed by atoms with E-state index in [1.165, 1.54) is 25.7 Å². The van der Waals surface area contributed by atoms with E-state index in [1.807, 2.05) is 30.3 Å². The van der Waals surface area contributed by atoms with Crippen LogP contribution in [0.5, 0.6) is 0 Å². The molecule has 32 heavy (non-hydrogen) atoms. The number of carbonyl (C=O) groups is 1. The van der Waals surface area contributed by atoms with Crippen LogP contribution in [0.25, 0.3) is 5.57 Å². The summed E-state index contributed by atoms with van der Waals surface area (Å²) in [6, 6.07) is 8.69. The van der Waals surface area contributed by atoms with E-state index in [2.05, 4.69) is 22.3 Å². The predicted octanol–water partition coefficient (Wildman–Crippen LogP) is 7.35. The topological polar surface area (TPSA) is 126 Å². The van der Waals surface area contributed by atoms with Crippen LogP contribution >= 0.6 is 0 Å². The molecule has 4 rings (SSSR count). The summed E-state index contributed by atoms with van der Waals surface area (Å²) in [5.41, 5.74) is 24.3. The molecule has 1 unspecified atom stereocenters. The summed E-state index contributed by atoms with van der Waals surface area (Å²) in [6.07, 6.45) is 9.74. The zero-order chi connectivity index (χ0) is 22.8. The molecule has 3 aliphatic carbocycles. The summed E-state index contributed by atoms with van der Waals surface area (Å²) in [6.45, 7) is 2.25. The van der Waals surface area contributed by atoms with Crippen LogP contribution in [0.1, 0.15) is 76.7 Å². The maximum absolute atomic E-state index is 13.6. The van der Waals surface area contributed by atoms with E-state index in [9.17, 15) is 4.79 Å². The van der Waals surface area contributed by atoms with Crippen molar-refractivity contribution in [2.75, 3.05) is 0 Å². The minimum atomic E-state index is -0.993. The number of Topliss-reactive ketones (excluding diaryl/α,β-unsaturated/α-hetero) is 1. The summed E-state index contributed by atoms with van der Waals surface area (Å²) in [4.78, 5) is 13.6. The predicted molar refractivity (Wildman–Crippen MR) is 122 cm³/mol. The van der Waals surface area contributed by atoms with Crippen molar-refractivity contribution in [3.8, 4) is 0 Å². The van der Waals surface area contributed by atoms with E-state index in [0.29, 0.717) is 37.3 Å². The third kappa shape index (κ3) is 3.55. The summed E-state index contributed by atoms with van der Waals surface area (Å²) >= 11 is 0. The number of hydrogen-bond donors (Lipinski definition) is 3. The molecule has 0 bridgehead atoms. The molecule has 1 aromatic carbocycles. The van der Waals surface area contributed by atoms with E-state index in [-0.39, 0.29) is 11.3 Å². The lowest BCUT2D eigenvalue weighted by Crippen LogP contribution is -2.47. The van der Waals surface area contributed by atoms with E-state index < -0.39 is 11.5 Å². The van der Waals surface area contributed by atoms with Crippen LogP contribution in [0.3, 0.4) is 0 Å². The Morgan fingerprint density at radius 3 is 2.16 bits per heavy atom. The van der Waals surface area contributed by atoms with Gasteiger partial charge in [-0.3, -0.25) is 4.79 Å². The fraction of sp³-hybridized carbons (Fsp3) is 0.640. The summed E-state index contributed by atoms with van der Waals surface area (Å²) in [5, 5.41) is 11.5. The van der Waals surface area contributed by atoms with E-state index >= 15 is 0 Å². The number of allylic oxidation sites excluding steroid dienone is 1. The number of nitrogens with one attached hydrogen (secondary N) is 3. The van der Waals surface area contributed by atoms with Crippen molar-refractivity contribution in [3.63, 3.8) is 0 Å². The van der Waals surface area contributed by atoms with Gasteiger partial charge in [0, 0.05) is 0 Å². The monoisotopic (exact) mass is 434 g/mol. The summed E-state index contributed by atoms with van der Waals surface area (Å²) in [5.74, 6) is 1.10. The normalized spacial score (nSPS) is 35.2. The second-order valence-electron chi connectivity index (χ2n) is 9.94. The van der Waals surface area contributed by atoms with Gasteiger partial charge in [0.15, 0.2) is 11.8 Å². The molecule has 2 fully saturated rings. The first-order chi connectivity index (χ1) is 15.5. The molecule has 1 spiro atoms. The van der Waals surface area contributed by atoms with Crippen LogP contribution in [0.4, 0.5) is 0 Å². The molecule has 2 saturated carbocycles. The van der Waals surface area contributed by atoms with Gasteiger partial charge in [-0.05, 0) is 61.5 Å². The van der Waals surface area contributed by atoms with E-state index in [0.717, 1.165) is 29.9 Å². The van der Waals surface area contributed by atoms with Crippen molar-refractivity contribution >= 4 is 11.4 Å². The Bertz CT molecular complexity index is 908. The molecule has 3 N–H and O–H groups in total. The van der Waals surface area contributed by atoms with Crippen molar-refractivity contribution in [1.82, 2.24) is 0 Å². The number of ketones is 1. The first-order valence-electron chi connectivity index (χ1n) is 12.0. The number of hydrogen-bond acceptors (Lipinski definition) is 7. The Hall–Kier alpha value is -2.57. The Balaban J connectivity index is 1.63. The first kappa shape index (κ1) is 22.6. The molecule has 0 saturated heterocycles. The standard InChI is InChI=1S/C25H34N6O/c1-2-6-17-9-11-19(12-10-17)25(31-28)15-13-24(14-16-25)20(18-7-4-3-5-8-18)21(29-26)22(30-27)23(24)32/h3-5,7-8,17,19,22,26-28H,2,6,9-16H2,1H3. The highest BCUT2D eigenvalue weighted by Crippen LogP contribution is 2.59. The highest BCUT2D eigenvalue weighted by molar-refractivity contribution is 6.09.